The molecule has 0 aliphatic carbocycles. The van der Waals surface area contributed by atoms with Crippen molar-refractivity contribution in [1.82, 2.24) is 0 Å². The van der Waals surface area contributed by atoms with Crippen molar-refractivity contribution in [3.63, 3.8) is 0 Å². The molecule has 1 aromatic heterocycles. The molecule has 0 bridgehead atoms. The van der Waals surface area contributed by atoms with Gasteiger partial charge in [-0.15, -0.1) is 11.3 Å². The predicted molar refractivity (Wildman–Crippen MR) is 87.9 cm³/mol. The molecule has 118 valence electrons. The molecule has 0 spiro atoms. The summed E-state index contributed by atoms with van der Waals surface area (Å²) in [6.07, 6.45) is 1.69. The normalized spacial score (nSPS) is 13.1. The Morgan fingerprint density at radius 1 is 1.32 bits per heavy atom. The Labute approximate surface area is 134 Å². The van der Waals surface area contributed by atoms with Crippen LogP contribution in [0.1, 0.15) is 25.0 Å². The Kier molecular flexibility index (Phi) is 5.98. The largest absolute Gasteiger partial charge is 0.501 e. The maximum Gasteiger partial charge on any atom is 0.334 e. The van der Waals surface area contributed by atoms with Gasteiger partial charge in [-0.25, -0.2) is 4.79 Å². The molecule has 2 rings (SSSR count). The summed E-state index contributed by atoms with van der Waals surface area (Å²) in [6, 6.07) is 8.19. The zero-order valence-corrected chi connectivity index (χ0v) is 13.8. The van der Waals surface area contributed by atoms with Crippen molar-refractivity contribution in [3.05, 3.63) is 47.0 Å². The highest BCUT2D eigenvalue weighted by Crippen LogP contribution is 2.34. The number of fused-ring (bicyclic) bond motifs is 1. The van der Waals surface area contributed by atoms with E-state index in [4.69, 9.17) is 14.2 Å². The van der Waals surface area contributed by atoms with Gasteiger partial charge in [0.15, 0.2) is 0 Å². The number of carbonyl (C=O) groups is 1. The van der Waals surface area contributed by atoms with Crippen molar-refractivity contribution in [1.29, 1.82) is 0 Å². The van der Waals surface area contributed by atoms with Crippen LogP contribution in [0.3, 0.4) is 0 Å². The van der Waals surface area contributed by atoms with E-state index in [2.05, 4.69) is 17.5 Å². The molecule has 1 atom stereocenters. The minimum absolute atomic E-state index is 0.170. The zero-order valence-electron chi connectivity index (χ0n) is 13.0. The van der Waals surface area contributed by atoms with Crippen LogP contribution < -0.4 is 0 Å². The molecule has 1 heterocycles. The van der Waals surface area contributed by atoms with Crippen molar-refractivity contribution in [2.45, 2.75) is 19.4 Å². The van der Waals surface area contributed by atoms with Crippen LogP contribution in [-0.2, 0) is 19.0 Å². The molecule has 1 unspecified atom stereocenters. The van der Waals surface area contributed by atoms with E-state index >= 15 is 0 Å². The third kappa shape index (κ3) is 3.87. The minimum atomic E-state index is -0.399. The number of rotatable bonds is 7. The molecule has 22 heavy (non-hydrogen) atoms. The SMILES string of the molecule is CCOC(=O)/C=C(\CC(OC)c1csc2ccccc12)OC. The van der Waals surface area contributed by atoms with Gasteiger partial charge in [0.25, 0.3) is 0 Å². The maximum atomic E-state index is 11.6. The summed E-state index contributed by atoms with van der Waals surface area (Å²) < 4.78 is 17.0. The van der Waals surface area contributed by atoms with Crippen LogP contribution in [-0.4, -0.2) is 26.8 Å². The van der Waals surface area contributed by atoms with E-state index in [9.17, 15) is 4.79 Å². The first-order valence-corrected chi connectivity index (χ1v) is 7.97. The van der Waals surface area contributed by atoms with E-state index in [1.807, 2.05) is 12.1 Å². The number of thiophene rings is 1. The lowest BCUT2D eigenvalue weighted by Crippen LogP contribution is -2.07. The van der Waals surface area contributed by atoms with Crippen molar-refractivity contribution >= 4 is 27.4 Å². The quantitative estimate of drug-likeness (QED) is 0.438. The Morgan fingerprint density at radius 2 is 2.09 bits per heavy atom. The van der Waals surface area contributed by atoms with Crippen molar-refractivity contribution in [2.24, 2.45) is 0 Å². The van der Waals surface area contributed by atoms with Crippen LogP contribution in [0.5, 0.6) is 0 Å². The summed E-state index contributed by atoms with van der Waals surface area (Å²) in [5.74, 6) is 0.143. The van der Waals surface area contributed by atoms with E-state index in [1.165, 1.54) is 16.2 Å². The molecule has 0 aliphatic rings. The summed E-state index contributed by atoms with van der Waals surface area (Å²) in [4.78, 5) is 11.6. The molecule has 0 aliphatic heterocycles. The predicted octanol–water partition coefficient (Wildman–Crippen LogP) is 4.07. The van der Waals surface area contributed by atoms with Gasteiger partial charge in [0.1, 0.15) is 5.76 Å². The molecular formula is C17H20O4S. The lowest BCUT2D eigenvalue weighted by molar-refractivity contribution is -0.137. The fourth-order valence-electron chi connectivity index (χ4n) is 2.27. The average molecular weight is 320 g/mol. The van der Waals surface area contributed by atoms with Crippen LogP contribution in [0, 0.1) is 0 Å². The van der Waals surface area contributed by atoms with Gasteiger partial charge in [0.2, 0.25) is 0 Å². The van der Waals surface area contributed by atoms with Crippen LogP contribution in [0.4, 0.5) is 0 Å². The van der Waals surface area contributed by atoms with E-state index in [0.29, 0.717) is 18.8 Å². The van der Waals surface area contributed by atoms with Crippen molar-refractivity contribution in [3.8, 4) is 0 Å². The first-order chi connectivity index (χ1) is 10.7. The van der Waals surface area contributed by atoms with Gasteiger partial charge in [0.05, 0.1) is 25.9 Å². The molecular weight excluding hydrogens is 300 g/mol. The van der Waals surface area contributed by atoms with Gasteiger partial charge in [-0.3, -0.25) is 0 Å². The second-order valence-electron chi connectivity index (χ2n) is 4.68. The van der Waals surface area contributed by atoms with Crippen LogP contribution in [0.25, 0.3) is 10.1 Å². The summed E-state index contributed by atoms with van der Waals surface area (Å²) in [5, 5.41) is 3.27. The fourth-order valence-corrected chi connectivity index (χ4v) is 3.27. The molecule has 5 heteroatoms. The lowest BCUT2D eigenvalue weighted by atomic mass is 10.0. The molecule has 0 saturated heterocycles. The van der Waals surface area contributed by atoms with Gasteiger partial charge in [-0.2, -0.15) is 0 Å². The monoisotopic (exact) mass is 320 g/mol. The van der Waals surface area contributed by atoms with Gasteiger partial charge in [-0.05, 0) is 29.3 Å². The minimum Gasteiger partial charge on any atom is -0.501 e. The third-order valence-electron chi connectivity index (χ3n) is 3.36. The number of hydrogen-bond donors (Lipinski definition) is 0. The fraction of sp³-hybridized carbons (Fsp3) is 0.353. The Balaban J connectivity index is 2.22. The highest BCUT2D eigenvalue weighted by molar-refractivity contribution is 7.17. The second kappa shape index (κ2) is 7.96. The van der Waals surface area contributed by atoms with Crippen LogP contribution >= 0.6 is 11.3 Å². The van der Waals surface area contributed by atoms with E-state index < -0.39 is 5.97 Å². The van der Waals surface area contributed by atoms with E-state index in [1.54, 1.807) is 32.5 Å². The molecule has 0 N–H and O–H groups in total. The molecule has 0 saturated carbocycles. The topological polar surface area (TPSA) is 44.8 Å². The Hall–Kier alpha value is -1.85. The maximum absolute atomic E-state index is 11.6. The number of carbonyl (C=O) groups excluding carboxylic acids is 1. The van der Waals surface area contributed by atoms with Crippen molar-refractivity contribution < 1.29 is 19.0 Å². The summed E-state index contributed by atoms with van der Waals surface area (Å²) >= 11 is 1.68. The molecule has 0 amide bonds. The number of hydrogen-bond acceptors (Lipinski definition) is 5. The first kappa shape index (κ1) is 16.5. The van der Waals surface area contributed by atoms with E-state index in [-0.39, 0.29) is 6.10 Å². The van der Waals surface area contributed by atoms with Crippen LogP contribution in [0.2, 0.25) is 0 Å². The average Bonchev–Trinajstić information content (AvgIpc) is 2.95. The van der Waals surface area contributed by atoms with Gasteiger partial charge in [-0.1, -0.05) is 18.2 Å². The number of ether oxygens (including phenoxy) is 3. The summed E-state index contributed by atoms with van der Waals surface area (Å²) in [7, 11) is 3.21. The van der Waals surface area contributed by atoms with E-state index in [0.717, 1.165) is 5.56 Å². The van der Waals surface area contributed by atoms with Crippen LogP contribution in [0.15, 0.2) is 41.5 Å². The van der Waals surface area contributed by atoms with Gasteiger partial charge >= 0.3 is 5.97 Å². The standard InChI is InChI=1S/C17H20O4S/c1-4-21-17(18)10-12(19-2)9-15(20-3)14-11-22-16-8-6-5-7-13(14)16/h5-8,10-11,15H,4,9H2,1-3H3/b12-10+. The molecule has 0 radical (unpaired) electrons. The van der Waals surface area contributed by atoms with Gasteiger partial charge in [0, 0.05) is 18.2 Å². The highest BCUT2D eigenvalue weighted by Gasteiger charge is 2.18. The lowest BCUT2D eigenvalue weighted by Gasteiger charge is -2.16. The second-order valence-corrected chi connectivity index (χ2v) is 5.59. The van der Waals surface area contributed by atoms with Crippen molar-refractivity contribution in [2.75, 3.05) is 20.8 Å². The molecule has 1 aromatic carbocycles. The smallest absolute Gasteiger partial charge is 0.334 e. The summed E-state index contributed by atoms with van der Waals surface area (Å²) in [6.45, 7) is 2.11. The zero-order chi connectivity index (χ0) is 15.9. The number of benzene rings is 1. The number of esters is 1. The molecule has 0 fully saturated rings. The molecule has 2 aromatic rings. The Bertz CT molecular complexity index is 659. The van der Waals surface area contributed by atoms with Gasteiger partial charge < -0.3 is 14.2 Å². The third-order valence-corrected chi connectivity index (χ3v) is 4.34. The number of methoxy groups -OCH3 is 2. The molecule has 4 nitrogen and oxygen atoms in total. The highest BCUT2D eigenvalue weighted by atomic mass is 32.1. The first-order valence-electron chi connectivity index (χ1n) is 7.09. The summed E-state index contributed by atoms with van der Waals surface area (Å²) in [5.41, 5.74) is 1.11. The Morgan fingerprint density at radius 3 is 2.77 bits per heavy atom.